The Kier molecular flexibility index (Phi) is 8.59. The maximum atomic E-state index is 12.5. The number of hydrogen-bond donors (Lipinski definition) is 3. The molecule has 172 valence electrons. The molecule has 0 aromatic heterocycles. The van der Waals surface area contributed by atoms with Crippen LogP contribution in [0.5, 0.6) is 5.75 Å². The molecule has 0 heterocycles. The number of ether oxygens (including phenoxy) is 1. The SMILES string of the molecule is N#CCCNS(=O)(=O)c1ccc(C(=O)NCC(O)COc2ccc(C(F)(F)F)cc2)cc1. The smallest absolute Gasteiger partial charge is 0.416 e. The molecule has 1 atom stereocenters. The number of carbonyl (C=O) groups is 1. The van der Waals surface area contributed by atoms with Crippen molar-refractivity contribution >= 4 is 15.9 Å². The van der Waals surface area contributed by atoms with Crippen LogP contribution in [0.4, 0.5) is 13.2 Å². The van der Waals surface area contributed by atoms with Crippen LogP contribution in [0.1, 0.15) is 22.3 Å². The molecule has 0 saturated carbocycles. The van der Waals surface area contributed by atoms with Crippen LogP contribution in [-0.4, -0.2) is 45.2 Å². The van der Waals surface area contributed by atoms with Gasteiger partial charge < -0.3 is 15.2 Å². The first-order valence-corrected chi connectivity index (χ1v) is 10.7. The Balaban J connectivity index is 1.82. The zero-order valence-electron chi connectivity index (χ0n) is 16.6. The molecule has 0 spiro atoms. The first-order chi connectivity index (χ1) is 15.0. The van der Waals surface area contributed by atoms with Crippen LogP contribution in [0.2, 0.25) is 0 Å². The molecule has 0 fully saturated rings. The summed E-state index contributed by atoms with van der Waals surface area (Å²) >= 11 is 0. The van der Waals surface area contributed by atoms with E-state index in [1.54, 1.807) is 0 Å². The number of sulfonamides is 1. The van der Waals surface area contributed by atoms with Crippen molar-refractivity contribution in [1.29, 1.82) is 5.26 Å². The molecule has 1 amide bonds. The number of hydrogen-bond acceptors (Lipinski definition) is 6. The fraction of sp³-hybridized carbons (Fsp3) is 0.300. The second-order valence-corrected chi connectivity index (χ2v) is 8.29. The van der Waals surface area contributed by atoms with Crippen molar-refractivity contribution in [2.24, 2.45) is 0 Å². The number of aliphatic hydroxyl groups excluding tert-OH is 1. The molecule has 32 heavy (non-hydrogen) atoms. The van der Waals surface area contributed by atoms with Crippen LogP contribution in [-0.2, 0) is 16.2 Å². The number of halogens is 3. The largest absolute Gasteiger partial charge is 0.491 e. The zero-order valence-corrected chi connectivity index (χ0v) is 17.4. The predicted octanol–water partition coefficient (Wildman–Crippen LogP) is 2.07. The van der Waals surface area contributed by atoms with Crippen molar-refractivity contribution in [3.63, 3.8) is 0 Å². The van der Waals surface area contributed by atoms with E-state index in [1.807, 2.05) is 6.07 Å². The van der Waals surface area contributed by atoms with Gasteiger partial charge in [-0.3, -0.25) is 4.79 Å². The Labute approximate surface area is 182 Å². The van der Waals surface area contributed by atoms with E-state index in [1.165, 1.54) is 24.3 Å². The van der Waals surface area contributed by atoms with Crippen LogP contribution in [0.3, 0.4) is 0 Å². The second-order valence-electron chi connectivity index (χ2n) is 6.53. The standard InChI is InChI=1S/C20H20F3N3O5S/c21-20(22,23)15-4-6-17(7-5-15)31-13-16(27)12-25-19(28)14-2-8-18(9-3-14)32(29,30)26-11-1-10-24/h2-9,16,26-27H,1,11-13H2,(H,25,28). The van der Waals surface area contributed by atoms with E-state index in [-0.39, 0.29) is 42.3 Å². The second kappa shape index (κ2) is 10.9. The number of benzene rings is 2. The lowest BCUT2D eigenvalue weighted by Gasteiger charge is -2.14. The number of nitriles is 1. The fourth-order valence-electron chi connectivity index (χ4n) is 2.41. The maximum absolute atomic E-state index is 12.5. The minimum atomic E-state index is -4.46. The summed E-state index contributed by atoms with van der Waals surface area (Å²) in [6.07, 6.45) is -5.58. The van der Waals surface area contributed by atoms with Crippen LogP contribution < -0.4 is 14.8 Å². The van der Waals surface area contributed by atoms with Gasteiger partial charge in [0.25, 0.3) is 5.91 Å². The van der Waals surface area contributed by atoms with Gasteiger partial charge in [0.15, 0.2) is 0 Å². The Morgan fingerprint density at radius 1 is 1.12 bits per heavy atom. The molecule has 0 aliphatic heterocycles. The molecule has 0 saturated heterocycles. The molecule has 8 nitrogen and oxygen atoms in total. The highest BCUT2D eigenvalue weighted by atomic mass is 32.2. The molecule has 2 aromatic rings. The van der Waals surface area contributed by atoms with Crippen molar-refractivity contribution in [3.05, 3.63) is 59.7 Å². The van der Waals surface area contributed by atoms with Gasteiger partial charge in [-0.05, 0) is 48.5 Å². The van der Waals surface area contributed by atoms with Gasteiger partial charge in [-0.1, -0.05) is 0 Å². The molecule has 2 rings (SSSR count). The third-order valence-corrected chi connectivity index (χ3v) is 5.55. The van der Waals surface area contributed by atoms with Crippen molar-refractivity contribution in [2.45, 2.75) is 23.6 Å². The normalized spacial score (nSPS) is 12.6. The molecule has 1 unspecified atom stereocenters. The third kappa shape index (κ3) is 7.52. The summed E-state index contributed by atoms with van der Waals surface area (Å²) in [7, 11) is -3.80. The van der Waals surface area contributed by atoms with E-state index in [0.29, 0.717) is 0 Å². The Hall–Kier alpha value is -3.14. The van der Waals surface area contributed by atoms with Crippen LogP contribution in [0.15, 0.2) is 53.4 Å². The molecule has 12 heteroatoms. The molecular formula is C20H20F3N3O5S. The van der Waals surface area contributed by atoms with Gasteiger partial charge in [-0.25, -0.2) is 13.1 Å². The fourth-order valence-corrected chi connectivity index (χ4v) is 3.45. The predicted molar refractivity (Wildman–Crippen MR) is 107 cm³/mol. The van der Waals surface area contributed by atoms with Gasteiger partial charge >= 0.3 is 6.18 Å². The van der Waals surface area contributed by atoms with E-state index in [9.17, 15) is 31.5 Å². The maximum Gasteiger partial charge on any atom is 0.416 e. The molecular weight excluding hydrogens is 451 g/mol. The monoisotopic (exact) mass is 471 g/mol. The highest BCUT2D eigenvalue weighted by Crippen LogP contribution is 2.30. The molecule has 2 aromatic carbocycles. The Bertz CT molecular complexity index is 1050. The minimum Gasteiger partial charge on any atom is -0.491 e. The summed E-state index contributed by atoms with van der Waals surface area (Å²) in [6, 6.07) is 10.8. The summed E-state index contributed by atoms with van der Waals surface area (Å²) in [4.78, 5) is 12.1. The molecule has 0 aliphatic rings. The van der Waals surface area contributed by atoms with Gasteiger partial charge in [-0.15, -0.1) is 0 Å². The topological polar surface area (TPSA) is 129 Å². The third-order valence-electron chi connectivity index (χ3n) is 4.08. The summed E-state index contributed by atoms with van der Waals surface area (Å²) < 4.78 is 69.1. The first-order valence-electron chi connectivity index (χ1n) is 9.26. The summed E-state index contributed by atoms with van der Waals surface area (Å²) in [6.45, 7) is -0.500. The van der Waals surface area contributed by atoms with E-state index >= 15 is 0 Å². The Morgan fingerprint density at radius 2 is 1.75 bits per heavy atom. The van der Waals surface area contributed by atoms with E-state index in [4.69, 9.17) is 10.00 Å². The highest BCUT2D eigenvalue weighted by Gasteiger charge is 2.30. The number of alkyl halides is 3. The number of aliphatic hydroxyl groups is 1. The zero-order chi connectivity index (χ0) is 23.8. The van der Waals surface area contributed by atoms with Gasteiger partial charge in [0.1, 0.15) is 18.5 Å². The molecule has 0 bridgehead atoms. The van der Waals surface area contributed by atoms with Crippen LogP contribution >= 0.6 is 0 Å². The average Bonchev–Trinajstić information content (AvgIpc) is 2.76. The van der Waals surface area contributed by atoms with Gasteiger partial charge in [0.05, 0.1) is 16.5 Å². The van der Waals surface area contributed by atoms with Crippen LogP contribution in [0, 0.1) is 11.3 Å². The van der Waals surface area contributed by atoms with E-state index in [2.05, 4.69) is 10.0 Å². The number of nitrogens with one attached hydrogen (secondary N) is 2. The summed E-state index contributed by atoms with van der Waals surface area (Å²) in [5.41, 5.74) is -0.675. The van der Waals surface area contributed by atoms with E-state index in [0.717, 1.165) is 24.3 Å². The van der Waals surface area contributed by atoms with Gasteiger partial charge in [0.2, 0.25) is 10.0 Å². The van der Waals surface area contributed by atoms with Gasteiger partial charge in [0, 0.05) is 25.1 Å². The highest BCUT2D eigenvalue weighted by molar-refractivity contribution is 7.89. The Morgan fingerprint density at radius 3 is 2.31 bits per heavy atom. The molecule has 0 radical (unpaired) electrons. The van der Waals surface area contributed by atoms with E-state index < -0.39 is 33.8 Å². The number of rotatable bonds is 10. The van der Waals surface area contributed by atoms with Crippen molar-refractivity contribution in [3.8, 4) is 11.8 Å². The first kappa shape index (κ1) is 25.1. The molecule has 3 N–H and O–H groups in total. The molecule has 0 aliphatic carbocycles. The lowest BCUT2D eigenvalue weighted by atomic mass is 10.2. The minimum absolute atomic E-state index is 0.0185. The quantitative estimate of drug-likeness (QED) is 0.455. The van der Waals surface area contributed by atoms with Crippen molar-refractivity contribution < 1.29 is 36.2 Å². The number of carbonyl (C=O) groups excluding carboxylic acids is 1. The van der Waals surface area contributed by atoms with Gasteiger partial charge in [-0.2, -0.15) is 18.4 Å². The van der Waals surface area contributed by atoms with Crippen molar-refractivity contribution in [2.75, 3.05) is 19.7 Å². The average molecular weight is 471 g/mol. The van der Waals surface area contributed by atoms with Crippen LogP contribution in [0.25, 0.3) is 0 Å². The summed E-state index contributed by atoms with van der Waals surface area (Å²) in [5.74, 6) is -0.441. The number of nitrogens with zero attached hydrogens (tertiary/aromatic N) is 1. The lowest BCUT2D eigenvalue weighted by Crippen LogP contribution is -2.35. The lowest BCUT2D eigenvalue weighted by molar-refractivity contribution is -0.137. The van der Waals surface area contributed by atoms with Crippen molar-refractivity contribution in [1.82, 2.24) is 10.0 Å². The summed E-state index contributed by atoms with van der Waals surface area (Å²) in [5, 5.41) is 20.8. The number of amides is 1.